The summed E-state index contributed by atoms with van der Waals surface area (Å²) in [6.45, 7) is 1.69. The lowest BCUT2D eigenvalue weighted by Crippen LogP contribution is -2.26. The molecule has 1 heterocycles. The van der Waals surface area contributed by atoms with Crippen molar-refractivity contribution in [2.75, 3.05) is 20.1 Å². The largest absolute Gasteiger partial charge is 0.356 e. The standard InChI is InChI=1S/C15H21N3OS/c1-16-10-5-11-17-14(19)8-4-9-15-18-12-6-2-3-7-13(12)20-15/h2-3,6-7,16H,4-5,8-11H2,1H3,(H,17,19). The Kier molecular flexibility index (Phi) is 5.95. The van der Waals surface area contributed by atoms with Crippen LogP contribution in [-0.4, -0.2) is 31.0 Å². The van der Waals surface area contributed by atoms with Crippen LogP contribution in [0.4, 0.5) is 0 Å². The molecule has 0 aliphatic heterocycles. The molecule has 0 atom stereocenters. The third kappa shape index (κ3) is 4.58. The van der Waals surface area contributed by atoms with Gasteiger partial charge in [-0.2, -0.15) is 0 Å². The molecule has 2 N–H and O–H groups in total. The lowest BCUT2D eigenvalue weighted by Gasteiger charge is -2.04. The summed E-state index contributed by atoms with van der Waals surface area (Å²) in [5, 5.41) is 7.11. The summed E-state index contributed by atoms with van der Waals surface area (Å²) in [6, 6.07) is 8.15. The predicted octanol–water partition coefficient (Wildman–Crippen LogP) is 2.34. The molecule has 0 aliphatic carbocycles. The SMILES string of the molecule is CNCCCNC(=O)CCCc1nc2ccccc2s1. The van der Waals surface area contributed by atoms with Crippen molar-refractivity contribution in [1.29, 1.82) is 0 Å². The Morgan fingerprint density at radius 3 is 2.90 bits per heavy atom. The summed E-state index contributed by atoms with van der Waals surface area (Å²) in [6.07, 6.45) is 3.29. The second-order valence-corrected chi connectivity index (χ2v) is 5.85. The molecule has 20 heavy (non-hydrogen) atoms. The molecule has 108 valence electrons. The molecule has 0 saturated heterocycles. The van der Waals surface area contributed by atoms with Crippen LogP contribution < -0.4 is 10.6 Å². The number of fused-ring (bicyclic) bond motifs is 1. The van der Waals surface area contributed by atoms with E-state index in [2.05, 4.69) is 21.7 Å². The number of nitrogens with zero attached hydrogens (tertiary/aromatic N) is 1. The lowest BCUT2D eigenvalue weighted by molar-refractivity contribution is -0.121. The lowest BCUT2D eigenvalue weighted by atomic mass is 10.2. The van der Waals surface area contributed by atoms with Crippen molar-refractivity contribution in [3.63, 3.8) is 0 Å². The number of para-hydroxylation sites is 1. The summed E-state index contributed by atoms with van der Waals surface area (Å²) >= 11 is 1.72. The average Bonchev–Trinajstić information content (AvgIpc) is 2.86. The molecule has 0 radical (unpaired) electrons. The first-order chi connectivity index (χ1) is 9.79. The number of nitrogens with one attached hydrogen (secondary N) is 2. The first-order valence-corrected chi connectivity index (χ1v) is 7.87. The van der Waals surface area contributed by atoms with Crippen LogP contribution in [0.15, 0.2) is 24.3 Å². The molecule has 0 unspecified atom stereocenters. The van der Waals surface area contributed by atoms with Crippen LogP contribution in [0.5, 0.6) is 0 Å². The second-order valence-electron chi connectivity index (χ2n) is 4.74. The molecule has 5 heteroatoms. The zero-order chi connectivity index (χ0) is 14.2. The maximum absolute atomic E-state index is 11.6. The topological polar surface area (TPSA) is 54.0 Å². The fraction of sp³-hybridized carbons (Fsp3) is 0.467. The summed E-state index contributed by atoms with van der Waals surface area (Å²) in [5.41, 5.74) is 1.06. The number of benzene rings is 1. The maximum atomic E-state index is 11.6. The van der Waals surface area contributed by atoms with Gasteiger partial charge in [0, 0.05) is 13.0 Å². The first kappa shape index (κ1) is 14.9. The molecule has 0 bridgehead atoms. The average molecular weight is 291 g/mol. The Balaban J connectivity index is 1.68. The molecular weight excluding hydrogens is 270 g/mol. The van der Waals surface area contributed by atoms with E-state index in [0.29, 0.717) is 6.42 Å². The molecule has 1 amide bonds. The zero-order valence-electron chi connectivity index (χ0n) is 11.8. The Morgan fingerprint density at radius 1 is 1.25 bits per heavy atom. The van der Waals surface area contributed by atoms with Gasteiger partial charge in [0.15, 0.2) is 0 Å². The summed E-state index contributed by atoms with van der Waals surface area (Å²) < 4.78 is 1.22. The molecule has 4 nitrogen and oxygen atoms in total. The highest BCUT2D eigenvalue weighted by atomic mass is 32.1. The summed E-state index contributed by atoms with van der Waals surface area (Å²) in [4.78, 5) is 16.2. The molecule has 1 aromatic carbocycles. The Labute approximate surface area is 123 Å². The molecule has 2 rings (SSSR count). The van der Waals surface area contributed by atoms with Crippen LogP contribution in [0.1, 0.15) is 24.3 Å². The molecule has 0 fully saturated rings. The van der Waals surface area contributed by atoms with Crippen LogP contribution in [0.2, 0.25) is 0 Å². The molecule has 0 spiro atoms. The molecule has 0 saturated carbocycles. The van der Waals surface area contributed by atoms with Crippen molar-refractivity contribution >= 4 is 27.5 Å². The van der Waals surface area contributed by atoms with Crippen LogP contribution in [0, 0.1) is 0 Å². The minimum absolute atomic E-state index is 0.141. The van der Waals surface area contributed by atoms with E-state index >= 15 is 0 Å². The van der Waals surface area contributed by atoms with E-state index in [1.165, 1.54) is 4.70 Å². The highest BCUT2D eigenvalue weighted by molar-refractivity contribution is 7.18. The van der Waals surface area contributed by atoms with Gasteiger partial charge in [-0.1, -0.05) is 12.1 Å². The van der Waals surface area contributed by atoms with E-state index in [1.807, 2.05) is 25.2 Å². The molecule has 1 aromatic heterocycles. The van der Waals surface area contributed by atoms with E-state index < -0.39 is 0 Å². The third-order valence-electron chi connectivity index (χ3n) is 3.06. The molecular formula is C15H21N3OS. The number of carbonyl (C=O) groups is 1. The number of aromatic nitrogens is 1. The van der Waals surface area contributed by atoms with Crippen molar-refractivity contribution in [1.82, 2.24) is 15.6 Å². The van der Waals surface area contributed by atoms with Crippen molar-refractivity contribution in [3.05, 3.63) is 29.3 Å². The summed E-state index contributed by atoms with van der Waals surface area (Å²) in [7, 11) is 1.92. The normalized spacial score (nSPS) is 10.8. The fourth-order valence-electron chi connectivity index (χ4n) is 2.01. The highest BCUT2D eigenvalue weighted by Crippen LogP contribution is 2.22. The maximum Gasteiger partial charge on any atom is 0.220 e. The Hall–Kier alpha value is -1.46. The van der Waals surface area contributed by atoms with E-state index in [4.69, 9.17) is 0 Å². The number of hydrogen-bond acceptors (Lipinski definition) is 4. The van der Waals surface area contributed by atoms with Crippen molar-refractivity contribution in [2.24, 2.45) is 0 Å². The number of carbonyl (C=O) groups excluding carboxylic acids is 1. The monoisotopic (exact) mass is 291 g/mol. The number of amides is 1. The van der Waals surface area contributed by atoms with Crippen LogP contribution in [0.3, 0.4) is 0 Å². The van der Waals surface area contributed by atoms with Gasteiger partial charge >= 0.3 is 0 Å². The minimum Gasteiger partial charge on any atom is -0.356 e. The van der Waals surface area contributed by atoms with Crippen molar-refractivity contribution < 1.29 is 4.79 Å². The smallest absolute Gasteiger partial charge is 0.220 e. The third-order valence-corrected chi connectivity index (χ3v) is 4.15. The fourth-order valence-corrected chi connectivity index (χ4v) is 3.02. The van der Waals surface area contributed by atoms with Gasteiger partial charge in [-0.25, -0.2) is 4.98 Å². The highest BCUT2D eigenvalue weighted by Gasteiger charge is 2.05. The van der Waals surface area contributed by atoms with Gasteiger partial charge < -0.3 is 10.6 Å². The second kappa shape index (κ2) is 7.97. The van der Waals surface area contributed by atoms with Gasteiger partial charge in [0.2, 0.25) is 5.91 Å². The van der Waals surface area contributed by atoms with E-state index in [-0.39, 0.29) is 5.91 Å². The quantitative estimate of drug-likeness (QED) is 0.734. The number of rotatable bonds is 8. The van der Waals surface area contributed by atoms with Crippen LogP contribution in [-0.2, 0) is 11.2 Å². The van der Waals surface area contributed by atoms with Crippen LogP contribution >= 0.6 is 11.3 Å². The van der Waals surface area contributed by atoms with Crippen LogP contribution in [0.25, 0.3) is 10.2 Å². The van der Waals surface area contributed by atoms with Gasteiger partial charge in [0.05, 0.1) is 15.2 Å². The number of aryl methyl sites for hydroxylation is 1. The first-order valence-electron chi connectivity index (χ1n) is 7.05. The van der Waals surface area contributed by atoms with Gasteiger partial charge in [-0.05, 0) is 45.0 Å². The van der Waals surface area contributed by atoms with Crippen molar-refractivity contribution in [2.45, 2.75) is 25.7 Å². The predicted molar refractivity (Wildman–Crippen MR) is 84.1 cm³/mol. The number of thiazole rings is 1. The van der Waals surface area contributed by atoms with Crippen molar-refractivity contribution in [3.8, 4) is 0 Å². The molecule has 2 aromatic rings. The van der Waals surface area contributed by atoms with Gasteiger partial charge in [0.1, 0.15) is 0 Å². The van der Waals surface area contributed by atoms with E-state index in [0.717, 1.165) is 42.9 Å². The molecule has 0 aliphatic rings. The Morgan fingerprint density at radius 2 is 2.10 bits per heavy atom. The van der Waals surface area contributed by atoms with E-state index in [9.17, 15) is 4.79 Å². The van der Waals surface area contributed by atoms with Gasteiger partial charge in [-0.3, -0.25) is 4.79 Å². The summed E-state index contributed by atoms with van der Waals surface area (Å²) in [5.74, 6) is 0.141. The Bertz CT molecular complexity index is 520. The zero-order valence-corrected chi connectivity index (χ0v) is 12.6. The number of hydrogen-bond donors (Lipinski definition) is 2. The van der Waals surface area contributed by atoms with Gasteiger partial charge in [0.25, 0.3) is 0 Å². The van der Waals surface area contributed by atoms with E-state index in [1.54, 1.807) is 11.3 Å². The minimum atomic E-state index is 0.141. The van der Waals surface area contributed by atoms with Gasteiger partial charge in [-0.15, -0.1) is 11.3 Å².